The molecule has 1 aromatic carbocycles. The van der Waals surface area contributed by atoms with Gasteiger partial charge in [-0.05, 0) is 44.0 Å². The van der Waals surface area contributed by atoms with Crippen LogP contribution in [0.1, 0.15) is 19.8 Å². The van der Waals surface area contributed by atoms with Crippen LogP contribution in [-0.2, 0) is 19.6 Å². The number of sulfonamides is 1. The standard InChI is InChI=1S/C15H21NO6S/c1-3-22-12-5-7-13(8-6-12)23(19,20)16-10-4-9-15(16,11-21-2)14(17)18/h5-8H,3-4,9-11H2,1-2H3,(H,17,18). The SMILES string of the molecule is CCOc1ccc(S(=O)(=O)N2CCCC2(COC)C(=O)O)cc1. The smallest absolute Gasteiger partial charge is 0.327 e. The predicted octanol–water partition coefficient (Wildman–Crippen LogP) is 1.34. The number of rotatable bonds is 7. The lowest BCUT2D eigenvalue weighted by atomic mass is 9.99. The molecule has 8 heteroatoms. The third-order valence-corrected chi connectivity index (χ3v) is 5.91. The second-order valence-corrected chi connectivity index (χ2v) is 7.22. The van der Waals surface area contributed by atoms with E-state index in [4.69, 9.17) is 9.47 Å². The normalized spacial score (nSPS) is 22.2. The second kappa shape index (κ2) is 6.86. The first-order valence-electron chi connectivity index (χ1n) is 7.36. The van der Waals surface area contributed by atoms with Gasteiger partial charge in [0.2, 0.25) is 10.0 Å². The lowest BCUT2D eigenvalue weighted by Gasteiger charge is -2.33. The van der Waals surface area contributed by atoms with Gasteiger partial charge in [0.25, 0.3) is 0 Å². The van der Waals surface area contributed by atoms with Crippen molar-refractivity contribution in [2.45, 2.75) is 30.2 Å². The molecule has 23 heavy (non-hydrogen) atoms. The summed E-state index contributed by atoms with van der Waals surface area (Å²) in [5, 5.41) is 9.58. The number of ether oxygens (including phenoxy) is 2. The summed E-state index contributed by atoms with van der Waals surface area (Å²) in [4.78, 5) is 11.8. The molecule has 0 saturated carbocycles. The summed E-state index contributed by atoms with van der Waals surface area (Å²) in [5.41, 5.74) is -1.55. The van der Waals surface area contributed by atoms with Crippen LogP contribution in [0.4, 0.5) is 0 Å². The monoisotopic (exact) mass is 343 g/mol. The molecule has 0 radical (unpaired) electrons. The number of nitrogens with zero attached hydrogens (tertiary/aromatic N) is 1. The lowest BCUT2D eigenvalue weighted by Crippen LogP contribution is -2.55. The number of methoxy groups -OCH3 is 1. The van der Waals surface area contributed by atoms with Crippen LogP contribution < -0.4 is 4.74 Å². The Morgan fingerprint density at radius 3 is 2.52 bits per heavy atom. The van der Waals surface area contributed by atoms with Crippen molar-refractivity contribution in [3.63, 3.8) is 0 Å². The Labute approximate surface area is 135 Å². The fraction of sp³-hybridized carbons (Fsp3) is 0.533. The van der Waals surface area contributed by atoms with Crippen molar-refractivity contribution in [1.29, 1.82) is 0 Å². The van der Waals surface area contributed by atoms with Crippen molar-refractivity contribution >= 4 is 16.0 Å². The zero-order valence-electron chi connectivity index (χ0n) is 13.2. The van der Waals surface area contributed by atoms with E-state index in [0.29, 0.717) is 18.8 Å². The maximum absolute atomic E-state index is 12.9. The zero-order chi connectivity index (χ0) is 17.1. The van der Waals surface area contributed by atoms with Gasteiger partial charge in [-0.2, -0.15) is 4.31 Å². The molecule has 0 aliphatic carbocycles. The molecule has 1 fully saturated rings. The molecule has 1 unspecified atom stereocenters. The number of carboxylic acid groups (broad SMARTS) is 1. The van der Waals surface area contributed by atoms with E-state index < -0.39 is 21.5 Å². The molecule has 0 bridgehead atoms. The summed E-state index contributed by atoms with van der Waals surface area (Å²) in [6.07, 6.45) is 0.707. The van der Waals surface area contributed by atoms with Crippen molar-refractivity contribution in [2.24, 2.45) is 0 Å². The number of aliphatic carboxylic acids is 1. The first-order chi connectivity index (χ1) is 10.9. The van der Waals surface area contributed by atoms with Crippen molar-refractivity contribution in [2.75, 3.05) is 26.9 Å². The van der Waals surface area contributed by atoms with Gasteiger partial charge in [0.15, 0.2) is 5.54 Å². The fourth-order valence-corrected chi connectivity index (χ4v) is 4.65. The number of hydrogen-bond donors (Lipinski definition) is 1. The average Bonchev–Trinajstić information content (AvgIpc) is 2.94. The highest BCUT2D eigenvalue weighted by molar-refractivity contribution is 7.89. The molecule has 0 aromatic heterocycles. The summed E-state index contributed by atoms with van der Waals surface area (Å²) in [5.74, 6) is -0.624. The van der Waals surface area contributed by atoms with Gasteiger partial charge in [0.1, 0.15) is 5.75 Å². The molecular weight excluding hydrogens is 322 g/mol. The molecule has 2 rings (SSSR count). The van der Waals surface area contributed by atoms with Crippen LogP contribution in [0.2, 0.25) is 0 Å². The summed E-state index contributed by atoms with van der Waals surface area (Å²) in [6.45, 7) is 2.29. The van der Waals surface area contributed by atoms with Crippen LogP contribution in [0.15, 0.2) is 29.2 Å². The Hall–Kier alpha value is -1.64. The van der Waals surface area contributed by atoms with Gasteiger partial charge < -0.3 is 14.6 Å². The van der Waals surface area contributed by atoms with Gasteiger partial charge in [0, 0.05) is 13.7 Å². The molecule has 1 aliphatic heterocycles. The summed E-state index contributed by atoms with van der Waals surface area (Å²) in [7, 11) is -2.56. The minimum Gasteiger partial charge on any atom is -0.494 e. The second-order valence-electron chi connectivity index (χ2n) is 5.35. The first kappa shape index (κ1) is 17.7. The molecule has 1 atom stereocenters. The quantitative estimate of drug-likeness (QED) is 0.803. The summed E-state index contributed by atoms with van der Waals surface area (Å²) in [6, 6.07) is 5.98. The Kier molecular flexibility index (Phi) is 5.28. The van der Waals surface area contributed by atoms with E-state index in [1.54, 1.807) is 12.1 Å². The minimum absolute atomic E-state index is 0.0459. The van der Waals surface area contributed by atoms with Crippen LogP contribution in [0, 0.1) is 0 Å². The molecule has 1 heterocycles. The van der Waals surface area contributed by atoms with Crippen LogP contribution in [0.3, 0.4) is 0 Å². The van der Waals surface area contributed by atoms with Crippen LogP contribution in [0.25, 0.3) is 0 Å². The van der Waals surface area contributed by atoms with Gasteiger partial charge in [-0.15, -0.1) is 0 Å². The van der Waals surface area contributed by atoms with Crippen LogP contribution in [0.5, 0.6) is 5.75 Å². The molecule has 1 N–H and O–H groups in total. The number of carbonyl (C=O) groups is 1. The molecule has 0 amide bonds. The summed E-state index contributed by atoms with van der Waals surface area (Å²) >= 11 is 0. The van der Waals surface area contributed by atoms with Gasteiger partial charge >= 0.3 is 5.97 Å². The molecule has 7 nitrogen and oxygen atoms in total. The van der Waals surface area contributed by atoms with Crippen molar-refractivity contribution in [1.82, 2.24) is 4.31 Å². The molecule has 1 aromatic rings. The maximum Gasteiger partial charge on any atom is 0.327 e. The minimum atomic E-state index is -3.93. The highest BCUT2D eigenvalue weighted by Crippen LogP contribution is 2.35. The topological polar surface area (TPSA) is 93.1 Å². The van der Waals surface area contributed by atoms with E-state index in [1.807, 2.05) is 6.92 Å². The van der Waals surface area contributed by atoms with E-state index in [0.717, 1.165) is 4.31 Å². The molecular formula is C15H21NO6S. The third kappa shape index (κ3) is 3.19. The van der Waals surface area contributed by atoms with Gasteiger partial charge in [-0.1, -0.05) is 0 Å². The maximum atomic E-state index is 12.9. The van der Waals surface area contributed by atoms with E-state index in [2.05, 4.69) is 0 Å². The Bertz CT molecular complexity index is 657. The lowest BCUT2D eigenvalue weighted by molar-refractivity contribution is -0.150. The van der Waals surface area contributed by atoms with E-state index >= 15 is 0 Å². The Balaban J connectivity index is 2.39. The predicted molar refractivity (Wildman–Crippen MR) is 83.0 cm³/mol. The van der Waals surface area contributed by atoms with E-state index in [9.17, 15) is 18.3 Å². The van der Waals surface area contributed by atoms with Crippen molar-refractivity contribution < 1.29 is 27.8 Å². The number of carboxylic acids is 1. The zero-order valence-corrected chi connectivity index (χ0v) is 14.0. The highest BCUT2D eigenvalue weighted by atomic mass is 32.2. The fourth-order valence-electron chi connectivity index (χ4n) is 2.86. The molecule has 1 saturated heterocycles. The summed E-state index contributed by atoms with van der Waals surface area (Å²) < 4.78 is 37.1. The Morgan fingerprint density at radius 1 is 1.35 bits per heavy atom. The number of benzene rings is 1. The first-order valence-corrected chi connectivity index (χ1v) is 8.80. The van der Waals surface area contributed by atoms with Crippen LogP contribution in [-0.4, -0.2) is 56.2 Å². The van der Waals surface area contributed by atoms with Gasteiger partial charge in [-0.3, -0.25) is 4.79 Å². The van der Waals surface area contributed by atoms with Crippen LogP contribution >= 0.6 is 0 Å². The Morgan fingerprint density at radius 2 is 2.00 bits per heavy atom. The molecule has 1 aliphatic rings. The van der Waals surface area contributed by atoms with Gasteiger partial charge in [-0.25, -0.2) is 8.42 Å². The molecule has 0 spiro atoms. The number of hydrogen-bond acceptors (Lipinski definition) is 5. The average molecular weight is 343 g/mol. The third-order valence-electron chi connectivity index (χ3n) is 3.93. The highest BCUT2D eigenvalue weighted by Gasteiger charge is 2.53. The van der Waals surface area contributed by atoms with Crippen molar-refractivity contribution in [3.8, 4) is 5.75 Å². The van der Waals surface area contributed by atoms with Gasteiger partial charge in [0.05, 0.1) is 18.1 Å². The van der Waals surface area contributed by atoms with E-state index in [-0.39, 0.29) is 24.5 Å². The van der Waals surface area contributed by atoms with E-state index in [1.165, 1.54) is 19.2 Å². The largest absolute Gasteiger partial charge is 0.494 e. The molecule has 128 valence electrons. The van der Waals surface area contributed by atoms with Crippen molar-refractivity contribution in [3.05, 3.63) is 24.3 Å².